The van der Waals surface area contributed by atoms with E-state index >= 15 is 0 Å². The minimum absolute atomic E-state index is 0.0655. The lowest BCUT2D eigenvalue weighted by molar-refractivity contribution is 0.182. The van der Waals surface area contributed by atoms with Crippen LogP contribution in [0.5, 0.6) is 0 Å². The van der Waals surface area contributed by atoms with Crippen LogP contribution in [-0.2, 0) is 11.2 Å². The SMILES string of the molecule is NC(Cc1c(F)ccc(Br)c1F)CC1CCOC1. The van der Waals surface area contributed by atoms with E-state index in [1.165, 1.54) is 12.1 Å². The van der Waals surface area contributed by atoms with Crippen LogP contribution in [0.3, 0.4) is 0 Å². The maximum Gasteiger partial charge on any atom is 0.143 e. The van der Waals surface area contributed by atoms with Crippen molar-refractivity contribution in [2.24, 2.45) is 11.7 Å². The Balaban J connectivity index is 2.01. The van der Waals surface area contributed by atoms with Crippen LogP contribution in [0.4, 0.5) is 8.78 Å². The van der Waals surface area contributed by atoms with Gasteiger partial charge in [-0.3, -0.25) is 0 Å². The van der Waals surface area contributed by atoms with E-state index in [9.17, 15) is 8.78 Å². The molecule has 100 valence electrons. The van der Waals surface area contributed by atoms with Crippen LogP contribution in [0.15, 0.2) is 16.6 Å². The van der Waals surface area contributed by atoms with E-state index in [-0.39, 0.29) is 22.5 Å². The Bertz CT molecular complexity index is 422. The first kappa shape index (κ1) is 13.9. The summed E-state index contributed by atoms with van der Waals surface area (Å²) in [5.74, 6) is -0.666. The summed E-state index contributed by atoms with van der Waals surface area (Å²) in [6.07, 6.45) is 1.94. The van der Waals surface area contributed by atoms with Gasteiger partial charge < -0.3 is 10.5 Å². The highest BCUT2D eigenvalue weighted by atomic mass is 79.9. The molecule has 2 N–H and O–H groups in total. The fourth-order valence-electron chi connectivity index (χ4n) is 2.30. The lowest BCUT2D eigenvalue weighted by Gasteiger charge is -2.16. The van der Waals surface area contributed by atoms with Crippen LogP contribution < -0.4 is 5.73 Å². The molecule has 0 bridgehead atoms. The smallest absolute Gasteiger partial charge is 0.143 e. The quantitative estimate of drug-likeness (QED) is 0.866. The molecule has 1 aromatic carbocycles. The molecule has 0 aromatic heterocycles. The first-order valence-corrected chi connectivity index (χ1v) is 6.83. The van der Waals surface area contributed by atoms with Gasteiger partial charge in [0.1, 0.15) is 11.6 Å². The third-order valence-corrected chi connectivity index (χ3v) is 3.88. The summed E-state index contributed by atoms with van der Waals surface area (Å²) >= 11 is 3.06. The highest BCUT2D eigenvalue weighted by Gasteiger charge is 2.21. The molecule has 1 heterocycles. The first-order valence-electron chi connectivity index (χ1n) is 6.03. The fraction of sp³-hybridized carbons (Fsp3) is 0.538. The van der Waals surface area contributed by atoms with Gasteiger partial charge >= 0.3 is 0 Å². The molecule has 1 saturated heterocycles. The Morgan fingerprint density at radius 1 is 1.44 bits per heavy atom. The van der Waals surface area contributed by atoms with Gasteiger partial charge in [-0.15, -0.1) is 0 Å². The van der Waals surface area contributed by atoms with Crippen LogP contribution in [0, 0.1) is 17.6 Å². The van der Waals surface area contributed by atoms with Gasteiger partial charge in [-0.2, -0.15) is 0 Å². The van der Waals surface area contributed by atoms with Crippen molar-refractivity contribution in [2.75, 3.05) is 13.2 Å². The van der Waals surface area contributed by atoms with Crippen molar-refractivity contribution in [3.05, 3.63) is 33.8 Å². The second-order valence-corrected chi connectivity index (χ2v) is 5.61. The Morgan fingerprint density at radius 3 is 2.89 bits per heavy atom. The second-order valence-electron chi connectivity index (χ2n) is 4.75. The molecule has 2 unspecified atom stereocenters. The summed E-state index contributed by atoms with van der Waals surface area (Å²) < 4.78 is 32.9. The molecule has 2 nitrogen and oxygen atoms in total. The lowest BCUT2D eigenvalue weighted by Crippen LogP contribution is -2.27. The van der Waals surface area contributed by atoms with Crippen molar-refractivity contribution in [3.63, 3.8) is 0 Å². The van der Waals surface area contributed by atoms with Crippen LogP contribution in [0.1, 0.15) is 18.4 Å². The molecule has 0 amide bonds. The van der Waals surface area contributed by atoms with Crippen molar-refractivity contribution in [1.29, 1.82) is 0 Å². The van der Waals surface area contributed by atoms with Crippen LogP contribution in [0.25, 0.3) is 0 Å². The monoisotopic (exact) mass is 319 g/mol. The van der Waals surface area contributed by atoms with Gasteiger partial charge in [0.05, 0.1) is 4.47 Å². The van der Waals surface area contributed by atoms with E-state index in [0.29, 0.717) is 12.5 Å². The standard InChI is InChI=1S/C13H16BrF2NO/c14-11-1-2-12(15)10(13(11)16)6-9(17)5-8-3-4-18-7-8/h1-2,8-9H,3-7,17H2. The Labute approximate surface area is 114 Å². The average molecular weight is 320 g/mol. The van der Waals surface area contributed by atoms with Crippen LogP contribution in [0.2, 0.25) is 0 Å². The average Bonchev–Trinajstić information content (AvgIpc) is 2.82. The van der Waals surface area contributed by atoms with E-state index in [4.69, 9.17) is 10.5 Å². The molecule has 0 spiro atoms. The van der Waals surface area contributed by atoms with Gasteiger partial charge in [-0.1, -0.05) is 0 Å². The normalized spacial score (nSPS) is 21.2. The molecule has 0 radical (unpaired) electrons. The summed E-state index contributed by atoms with van der Waals surface area (Å²) in [6, 6.07) is 2.38. The minimum atomic E-state index is -0.548. The summed E-state index contributed by atoms with van der Waals surface area (Å²) in [7, 11) is 0. The second kappa shape index (κ2) is 6.08. The lowest BCUT2D eigenvalue weighted by atomic mass is 9.95. The maximum atomic E-state index is 13.8. The molecule has 2 rings (SSSR count). The Kier molecular flexibility index (Phi) is 4.70. The molecule has 5 heteroatoms. The van der Waals surface area contributed by atoms with Crippen molar-refractivity contribution >= 4 is 15.9 Å². The van der Waals surface area contributed by atoms with E-state index in [1.807, 2.05) is 0 Å². The predicted molar refractivity (Wildman–Crippen MR) is 69.3 cm³/mol. The van der Waals surface area contributed by atoms with Gasteiger partial charge in [0.2, 0.25) is 0 Å². The fourth-order valence-corrected chi connectivity index (χ4v) is 2.67. The molecular formula is C13H16BrF2NO. The first-order chi connectivity index (χ1) is 8.58. The summed E-state index contributed by atoms with van der Waals surface area (Å²) in [5.41, 5.74) is 6.03. The number of hydrogen-bond donors (Lipinski definition) is 1. The number of rotatable bonds is 4. The van der Waals surface area contributed by atoms with E-state index < -0.39 is 11.6 Å². The molecule has 1 aliphatic heterocycles. The van der Waals surface area contributed by atoms with Crippen LogP contribution >= 0.6 is 15.9 Å². The molecular weight excluding hydrogens is 304 g/mol. The van der Waals surface area contributed by atoms with E-state index in [0.717, 1.165) is 19.4 Å². The number of nitrogens with two attached hydrogens (primary N) is 1. The van der Waals surface area contributed by atoms with Crippen molar-refractivity contribution < 1.29 is 13.5 Å². The zero-order valence-corrected chi connectivity index (χ0v) is 11.6. The molecule has 18 heavy (non-hydrogen) atoms. The van der Waals surface area contributed by atoms with Crippen molar-refractivity contribution in [2.45, 2.75) is 25.3 Å². The van der Waals surface area contributed by atoms with Gasteiger partial charge in [0.25, 0.3) is 0 Å². The number of hydrogen-bond acceptors (Lipinski definition) is 2. The number of halogens is 3. The topological polar surface area (TPSA) is 35.2 Å². The third-order valence-electron chi connectivity index (χ3n) is 3.27. The summed E-state index contributed by atoms with van der Waals surface area (Å²) in [4.78, 5) is 0. The van der Waals surface area contributed by atoms with Gasteiger partial charge in [0, 0.05) is 24.8 Å². The highest BCUT2D eigenvalue weighted by Crippen LogP contribution is 2.24. The predicted octanol–water partition coefficient (Wildman–Crippen LogP) is 3.02. The van der Waals surface area contributed by atoms with Crippen molar-refractivity contribution in [3.8, 4) is 0 Å². The molecule has 1 aromatic rings. The van der Waals surface area contributed by atoms with E-state index in [2.05, 4.69) is 15.9 Å². The molecule has 1 aliphatic rings. The largest absolute Gasteiger partial charge is 0.381 e. The molecule has 1 fully saturated rings. The summed E-state index contributed by atoms with van der Waals surface area (Å²) in [5, 5.41) is 0. The highest BCUT2D eigenvalue weighted by molar-refractivity contribution is 9.10. The van der Waals surface area contributed by atoms with Gasteiger partial charge in [0.15, 0.2) is 0 Å². The van der Waals surface area contributed by atoms with Crippen LogP contribution in [-0.4, -0.2) is 19.3 Å². The van der Waals surface area contributed by atoms with Gasteiger partial charge in [-0.25, -0.2) is 8.78 Å². The van der Waals surface area contributed by atoms with E-state index in [1.54, 1.807) is 0 Å². The zero-order chi connectivity index (χ0) is 13.1. The third kappa shape index (κ3) is 3.28. The molecule has 0 aliphatic carbocycles. The number of benzene rings is 1. The number of ether oxygens (including phenoxy) is 1. The summed E-state index contributed by atoms with van der Waals surface area (Å²) in [6.45, 7) is 1.47. The Morgan fingerprint density at radius 2 is 2.22 bits per heavy atom. The van der Waals surface area contributed by atoms with Gasteiger partial charge in [-0.05, 0) is 53.2 Å². The molecule has 0 saturated carbocycles. The van der Waals surface area contributed by atoms with Crippen molar-refractivity contribution in [1.82, 2.24) is 0 Å². The zero-order valence-electron chi connectivity index (χ0n) is 9.96. The molecule has 2 atom stereocenters. The Hall–Kier alpha value is -0.520. The minimum Gasteiger partial charge on any atom is -0.381 e. The maximum absolute atomic E-state index is 13.8.